The minimum absolute atomic E-state index is 0.325. The van der Waals surface area contributed by atoms with Crippen molar-refractivity contribution in [1.29, 1.82) is 0 Å². The molecule has 5 aromatic rings. The third kappa shape index (κ3) is 3.47. The van der Waals surface area contributed by atoms with Crippen molar-refractivity contribution < 1.29 is 9.53 Å². The van der Waals surface area contributed by atoms with Crippen molar-refractivity contribution in [3.8, 4) is 11.3 Å². The van der Waals surface area contributed by atoms with Crippen LogP contribution in [0.15, 0.2) is 79.0 Å². The Morgan fingerprint density at radius 2 is 1.81 bits per heavy atom. The molecule has 0 saturated heterocycles. The highest BCUT2D eigenvalue weighted by atomic mass is 35.5. The van der Waals surface area contributed by atoms with Crippen LogP contribution in [0.5, 0.6) is 0 Å². The summed E-state index contributed by atoms with van der Waals surface area (Å²) in [6.45, 7) is 2.60. The van der Waals surface area contributed by atoms with E-state index >= 15 is 0 Å². The lowest BCUT2D eigenvalue weighted by atomic mass is 10.1. The van der Waals surface area contributed by atoms with Gasteiger partial charge < -0.3 is 13.7 Å². The molecule has 0 saturated carbocycles. The summed E-state index contributed by atoms with van der Waals surface area (Å²) in [5.74, 6) is -0.333. The third-order valence-corrected chi connectivity index (χ3v) is 5.60. The van der Waals surface area contributed by atoms with Crippen LogP contribution in [-0.4, -0.2) is 26.5 Å². The second-order valence-electron chi connectivity index (χ2n) is 7.24. The summed E-state index contributed by atoms with van der Waals surface area (Å²) in [7, 11) is 0. The zero-order chi connectivity index (χ0) is 21.4. The normalized spacial score (nSPS) is 11.3. The highest BCUT2D eigenvalue weighted by molar-refractivity contribution is 6.30. The van der Waals surface area contributed by atoms with Crippen LogP contribution in [0.4, 0.5) is 0 Å². The first-order valence-corrected chi connectivity index (χ1v) is 10.5. The van der Waals surface area contributed by atoms with Crippen molar-refractivity contribution in [1.82, 2.24) is 14.0 Å². The molecule has 6 heteroatoms. The largest absolute Gasteiger partial charge is 0.461 e. The fourth-order valence-corrected chi connectivity index (χ4v) is 4.07. The van der Waals surface area contributed by atoms with Gasteiger partial charge in [-0.25, -0.2) is 9.78 Å². The molecule has 0 amide bonds. The maximum absolute atomic E-state index is 12.7. The van der Waals surface area contributed by atoms with Crippen molar-refractivity contribution in [2.45, 2.75) is 13.5 Å². The molecule has 3 heterocycles. The van der Waals surface area contributed by atoms with Crippen LogP contribution in [0.1, 0.15) is 23.1 Å². The molecule has 0 aliphatic rings. The Kier molecular flexibility index (Phi) is 4.96. The molecular weight excluding hydrogens is 410 g/mol. The van der Waals surface area contributed by atoms with E-state index in [-0.39, 0.29) is 5.97 Å². The standard InChI is InChI=1S/C25H20ClN3O2/c1-2-31-25(30)21-15-18-7-3-4-8-20(18)29(21)16-22-24(17-10-12-19(26)13-11-17)27-23-9-5-6-14-28(22)23/h3-15H,2,16H2,1H3. The smallest absolute Gasteiger partial charge is 0.354 e. The van der Waals surface area contributed by atoms with Crippen molar-refractivity contribution in [2.24, 2.45) is 0 Å². The van der Waals surface area contributed by atoms with Crippen LogP contribution >= 0.6 is 11.6 Å². The zero-order valence-corrected chi connectivity index (χ0v) is 17.7. The molecule has 0 unspecified atom stereocenters. The predicted octanol–water partition coefficient (Wildman–Crippen LogP) is 5.83. The first-order chi connectivity index (χ1) is 15.2. The minimum atomic E-state index is -0.333. The van der Waals surface area contributed by atoms with E-state index in [0.717, 1.165) is 33.5 Å². The molecule has 0 fully saturated rings. The molecule has 0 aliphatic carbocycles. The van der Waals surface area contributed by atoms with E-state index in [9.17, 15) is 4.79 Å². The number of pyridine rings is 1. The van der Waals surface area contributed by atoms with Gasteiger partial charge in [0.15, 0.2) is 0 Å². The van der Waals surface area contributed by atoms with Crippen molar-refractivity contribution in [3.63, 3.8) is 0 Å². The number of hydrogen-bond acceptors (Lipinski definition) is 3. The number of carbonyl (C=O) groups is 1. The molecule has 0 spiro atoms. The van der Waals surface area contributed by atoms with E-state index in [4.69, 9.17) is 21.3 Å². The molecule has 5 rings (SSSR count). The van der Waals surface area contributed by atoms with E-state index in [1.165, 1.54) is 0 Å². The van der Waals surface area contributed by atoms with Crippen LogP contribution in [0.25, 0.3) is 27.8 Å². The lowest BCUT2D eigenvalue weighted by Gasteiger charge is -2.12. The number of halogens is 1. The van der Waals surface area contributed by atoms with Gasteiger partial charge in [-0.3, -0.25) is 0 Å². The van der Waals surface area contributed by atoms with Crippen LogP contribution in [0, 0.1) is 0 Å². The number of benzene rings is 2. The highest BCUT2D eigenvalue weighted by Gasteiger charge is 2.20. The number of fused-ring (bicyclic) bond motifs is 2. The fraction of sp³-hybridized carbons (Fsp3) is 0.120. The molecule has 154 valence electrons. The Balaban J connectivity index is 1.72. The monoisotopic (exact) mass is 429 g/mol. The first kappa shape index (κ1) is 19.4. The summed E-state index contributed by atoms with van der Waals surface area (Å²) >= 11 is 6.10. The Bertz CT molecular complexity index is 1400. The lowest BCUT2D eigenvalue weighted by Crippen LogP contribution is -2.14. The van der Waals surface area contributed by atoms with Gasteiger partial charge in [0.05, 0.1) is 24.5 Å². The number of para-hydroxylation sites is 1. The Morgan fingerprint density at radius 3 is 2.61 bits per heavy atom. The summed E-state index contributed by atoms with van der Waals surface area (Å²) in [5, 5.41) is 1.67. The Labute approximate surface area is 184 Å². The van der Waals surface area contributed by atoms with Crippen LogP contribution < -0.4 is 0 Å². The SMILES string of the molecule is CCOC(=O)c1cc2ccccc2n1Cc1c(-c2ccc(Cl)cc2)nc2ccccn12. The number of aromatic nitrogens is 3. The fourth-order valence-electron chi connectivity index (χ4n) is 3.94. The maximum Gasteiger partial charge on any atom is 0.354 e. The van der Waals surface area contributed by atoms with Gasteiger partial charge in [-0.15, -0.1) is 0 Å². The summed E-state index contributed by atoms with van der Waals surface area (Å²) in [6.07, 6.45) is 1.99. The van der Waals surface area contributed by atoms with E-state index < -0.39 is 0 Å². The molecule has 0 aliphatic heterocycles. The molecule has 31 heavy (non-hydrogen) atoms. The minimum Gasteiger partial charge on any atom is -0.461 e. The molecular formula is C25H20ClN3O2. The summed E-state index contributed by atoms with van der Waals surface area (Å²) in [5.41, 5.74) is 5.14. The molecule has 3 aromatic heterocycles. The van der Waals surface area contributed by atoms with E-state index in [1.807, 2.05) is 90.5 Å². The number of rotatable bonds is 5. The van der Waals surface area contributed by atoms with Gasteiger partial charge >= 0.3 is 5.97 Å². The van der Waals surface area contributed by atoms with E-state index in [1.54, 1.807) is 0 Å². The van der Waals surface area contributed by atoms with Crippen molar-refractivity contribution in [3.05, 3.63) is 95.4 Å². The van der Waals surface area contributed by atoms with Gasteiger partial charge in [-0.05, 0) is 43.3 Å². The molecule has 0 bridgehead atoms. The van der Waals surface area contributed by atoms with Gasteiger partial charge in [0.25, 0.3) is 0 Å². The Hall–Kier alpha value is -3.57. The summed E-state index contributed by atoms with van der Waals surface area (Å²) in [4.78, 5) is 17.6. The summed E-state index contributed by atoms with van der Waals surface area (Å²) in [6, 6.07) is 23.4. The Morgan fingerprint density at radius 1 is 1.03 bits per heavy atom. The molecule has 0 radical (unpaired) electrons. The summed E-state index contributed by atoms with van der Waals surface area (Å²) < 4.78 is 9.40. The van der Waals surface area contributed by atoms with Crippen LogP contribution in [-0.2, 0) is 11.3 Å². The first-order valence-electron chi connectivity index (χ1n) is 10.1. The van der Waals surface area contributed by atoms with E-state index in [2.05, 4.69) is 4.40 Å². The zero-order valence-electron chi connectivity index (χ0n) is 17.0. The van der Waals surface area contributed by atoms with Gasteiger partial charge in [-0.2, -0.15) is 0 Å². The quantitative estimate of drug-likeness (QED) is 0.330. The average molecular weight is 430 g/mol. The van der Waals surface area contributed by atoms with Crippen molar-refractivity contribution >= 4 is 34.1 Å². The third-order valence-electron chi connectivity index (χ3n) is 5.35. The van der Waals surface area contributed by atoms with Gasteiger partial charge in [-0.1, -0.05) is 48.0 Å². The molecule has 0 N–H and O–H groups in total. The highest BCUT2D eigenvalue weighted by Crippen LogP contribution is 2.29. The van der Waals surface area contributed by atoms with Gasteiger partial charge in [0.1, 0.15) is 11.3 Å². The number of imidazole rings is 1. The second-order valence-corrected chi connectivity index (χ2v) is 7.67. The van der Waals surface area contributed by atoms with Crippen molar-refractivity contribution in [2.75, 3.05) is 6.61 Å². The molecule has 0 atom stereocenters. The number of carbonyl (C=O) groups excluding carboxylic acids is 1. The van der Waals surface area contributed by atoms with Gasteiger partial charge in [0.2, 0.25) is 0 Å². The van der Waals surface area contributed by atoms with Crippen LogP contribution in [0.3, 0.4) is 0 Å². The van der Waals surface area contributed by atoms with Gasteiger partial charge in [0, 0.05) is 27.7 Å². The average Bonchev–Trinajstić information content (AvgIpc) is 3.34. The number of esters is 1. The maximum atomic E-state index is 12.7. The molecule has 5 nitrogen and oxygen atoms in total. The number of hydrogen-bond donors (Lipinski definition) is 0. The topological polar surface area (TPSA) is 48.5 Å². The number of nitrogens with zero attached hydrogens (tertiary/aromatic N) is 3. The predicted molar refractivity (Wildman–Crippen MR) is 123 cm³/mol. The lowest BCUT2D eigenvalue weighted by molar-refractivity contribution is 0.0515. The number of ether oxygens (including phenoxy) is 1. The molecule has 2 aromatic carbocycles. The second kappa shape index (κ2) is 7.93. The van der Waals surface area contributed by atoms with E-state index in [0.29, 0.717) is 23.9 Å². The van der Waals surface area contributed by atoms with Crippen LogP contribution in [0.2, 0.25) is 5.02 Å².